The van der Waals surface area contributed by atoms with Crippen molar-refractivity contribution in [2.24, 2.45) is 0 Å². The molecule has 3 nitrogen and oxygen atoms in total. The van der Waals surface area contributed by atoms with Crippen molar-refractivity contribution in [3.8, 4) is 32.8 Å². The second kappa shape index (κ2) is 15.8. The number of rotatable bonds is 9. The maximum atomic E-state index is 5.34. The number of thiazole rings is 1. The van der Waals surface area contributed by atoms with Crippen molar-refractivity contribution in [2.45, 2.75) is 0 Å². The monoisotopic (exact) mass is 797 g/mol. The Kier molecular flexibility index (Phi) is 9.38. The molecular formula is C57H39N3S. The lowest BCUT2D eigenvalue weighted by Crippen LogP contribution is -2.09. The summed E-state index contributed by atoms with van der Waals surface area (Å²) >= 11 is 1.78. The molecular weight excluding hydrogens is 759 g/mol. The topological polar surface area (TPSA) is 19.4 Å². The average Bonchev–Trinajstić information content (AvgIpc) is 3.80. The number of aromatic nitrogens is 1. The predicted octanol–water partition coefficient (Wildman–Crippen LogP) is 16.5. The number of fused-ring (bicyclic) bond motifs is 6. The predicted molar refractivity (Wildman–Crippen MR) is 260 cm³/mol. The molecule has 10 aromatic carbocycles. The van der Waals surface area contributed by atoms with Crippen LogP contribution in [-0.4, -0.2) is 4.98 Å². The molecule has 0 spiro atoms. The first-order chi connectivity index (χ1) is 30.2. The molecule has 0 saturated carbocycles. The summed E-state index contributed by atoms with van der Waals surface area (Å²) in [5.74, 6) is 0. The largest absolute Gasteiger partial charge is 0.310 e. The Morgan fingerprint density at radius 3 is 1.10 bits per heavy atom. The van der Waals surface area contributed by atoms with Crippen LogP contribution in [0.2, 0.25) is 0 Å². The Morgan fingerprint density at radius 1 is 0.279 bits per heavy atom. The van der Waals surface area contributed by atoms with Crippen LogP contribution in [0, 0.1) is 0 Å². The van der Waals surface area contributed by atoms with E-state index in [4.69, 9.17) is 4.98 Å². The van der Waals surface area contributed by atoms with Crippen LogP contribution in [-0.2, 0) is 0 Å². The SMILES string of the molecule is c1ccc(-c2nc3c4ccc(-c5cccc(N(c6ccccc6)c6ccccc6)c5)cc4c4cc(-c5cccc(N(c6ccccc6)c6ccccc6)c5)ccc4c3s2)cc1. The lowest BCUT2D eigenvalue weighted by Gasteiger charge is -2.26. The first kappa shape index (κ1) is 36.3. The van der Waals surface area contributed by atoms with Crippen molar-refractivity contribution in [1.82, 2.24) is 4.98 Å². The van der Waals surface area contributed by atoms with E-state index in [-0.39, 0.29) is 0 Å². The minimum Gasteiger partial charge on any atom is -0.310 e. The van der Waals surface area contributed by atoms with Gasteiger partial charge < -0.3 is 9.80 Å². The van der Waals surface area contributed by atoms with Crippen LogP contribution in [0.3, 0.4) is 0 Å². The third-order valence-corrected chi connectivity index (χ3v) is 12.5. The summed E-state index contributed by atoms with van der Waals surface area (Å²) in [4.78, 5) is 9.99. The standard InChI is InChI=1S/C57H39N3S/c1-6-18-40(19-7-1)57-58-55-51-34-32-43(41-20-16-30-49(36-41)59(45-22-8-2-9-23-45)46-24-10-3-11-25-46)38-53(51)54-39-44(33-35-52(54)56(55)61-57)42-21-17-31-50(37-42)60(47-26-12-4-13-27-47)48-28-14-5-15-29-48/h1-39H. The van der Waals surface area contributed by atoms with Gasteiger partial charge >= 0.3 is 0 Å². The molecule has 0 amide bonds. The summed E-state index contributed by atoms with van der Waals surface area (Å²) in [6.07, 6.45) is 0. The van der Waals surface area contributed by atoms with Gasteiger partial charge in [0.2, 0.25) is 0 Å². The molecule has 0 radical (unpaired) electrons. The van der Waals surface area contributed by atoms with Crippen LogP contribution < -0.4 is 9.80 Å². The van der Waals surface area contributed by atoms with Gasteiger partial charge in [0.05, 0.1) is 10.2 Å². The van der Waals surface area contributed by atoms with Crippen LogP contribution in [0.5, 0.6) is 0 Å². The normalized spacial score (nSPS) is 11.3. The summed E-state index contributed by atoms with van der Waals surface area (Å²) in [5, 5.41) is 5.79. The van der Waals surface area contributed by atoms with E-state index < -0.39 is 0 Å². The second-order valence-corrected chi connectivity index (χ2v) is 16.2. The minimum atomic E-state index is 1.03. The molecule has 0 aliphatic rings. The molecule has 61 heavy (non-hydrogen) atoms. The molecule has 0 aliphatic carbocycles. The van der Waals surface area contributed by atoms with E-state index in [2.05, 4.69) is 246 Å². The highest BCUT2D eigenvalue weighted by Gasteiger charge is 2.19. The van der Waals surface area contributed by atoms with Crippen molar-refractivity contribution < 1.29 is 0 Å². The highest BCUT2D eigenvalue weighted by Crippen LogP contribution is 2.44. The quantitative estimate of drug-likeness (QED) is 0.136. The number of hydrogen-bond donors (Lipinski definition) is 0. The fourth-order valence-corrected chi connectivity index (χ4v) is 9.66. The van der Waals surface area contributed by atoms with Gasteiger partial charge in [-0.05, 0) is 118 Å². The highest BCUT2D eigenvalue weighted by atomic mass is 32.1. The minimum absolute atomic E-state index is 1.03. The summed E-state index contributed by atoms with van der Waals surface area (Å²) in [6.45, 7) is 0. The van der Waals surface area contributed by atoms with E-state index in [1.54, 1.807) is 11.3 Å². The zero-order valence-corrected chi connectivity index (χ0v) is 34.1. The molecule has 1 aromatic heterocycles. The fraction of sp³-hybridized carbons (Fsp3) is 0. The van der Waals surface area contributed by atoms with Crippen LogP contribution >= 0.6 is 11.3 Å². The van der Waals surface area contributed by atoms with Gasteiger partial charge in [-0.25, -0.2) is 4.98 Å². The Balaban J connectivity index is 1.09. The molecule has 11 aromatic rings. The molecule has 0 atom stereocenters. The van der Waals surface area contributed by atoms with E-state index in [0.717, 1.165) is 77.9 Å². The maximum Gasteiger partial charge on any atom is 0.124 e. The third kappa shape index (κ3) is 6.89. The van der Waals surface area contributed by atoms with Gasteiger partial charge in [-0.1, -0.05) is 152 Å². The summed E-state index contributed by atoms with van der Waals surface area (Å²) in [7, 11) is 0. The van der Waals surface area contributed by atoms with Gasteiger partial charge in [-0.15, -0.1) is 11.3 Å². The third-order valence-electron chi connectivity index (χ3n) is 11.4. The number of anilines is 6. The molecule has 0 unspecified atom stereocenters. The van der Waals surface area contributed by atoms with Crippen molar-refractivity contribution in [2.75, 3.05) is 9.80 Å². The zero-order valence-electron chi connectivity index (χ0n) is 33.3. The molecule has 4 heteroatoms. The molecule has 0 fully saturated rings. The van der Waals surface area contributed by atoms with Gasteiger partial charge in [0.25, 0.3) is 0 Å². The van der Waals surface area contributed by atoms with Crippen molar-refractivity contribution in [1.29, 1.82) is 0 Å². The van der Waals surface area contributed by atoms with Gasteiger partial charge in [0.15, 0.2) is 0 Å². The summed E-state index contributed by atoms with van der Waals surface area (Å²) in [6, 6.07) is 84.6. The van der Waals surface area contributed by atoms with Gasteiger partial charge in [0.1, 0.15) is 5.01 Å². The van der Waals surface area contributed by atoms with Gasteiger partial charge in [0, 0.05) is 50.5 Å². The molecule has 0 bridgehead atoms. The number of benzene rings is 10. The van der Waals surface area contributed by atoms with Crippen LogP contribution in [0.25, 0.3) is 64.6 Å². The summed E-state index contributed by atoms with van der Waals surface area (Å²) in [5.41, 5.74) is 13.5. The Morgan fingerprint density at radius 2 is 0.639 bits per heavy atom. The van der Waals surface area contributed by atoms with E-state index in [1.165, 1.54) is 20.9 Å². The fourth-order valence-electron chi connectivity index (χ4n) is 8.54. The smallest absolute Gasteiger partial charge is 0.124 e. The van der Waals surface area contributed by atoms with E-state index in [9.17, 15) is 0 Å². The molecule has 288 valence electrons. The van der Waals surface area contributed by atoms with Crippen LogP contribution in [0.15, 0.2) is 237 Å². The van der Waals surface area contributed by atoms with Crippen molar-refractivity contribution >= 4 is 77.2 Å². The number of para-hydroxylation sites is 4. The summed E-state index contributed by atoms with van der Waals surface area (Å²) < 4.78 is 1.21. The molecule has 11 rings (SSSR count). The van der Waals surface area contributed by atoms with Gasteiger partial charge in [-0.3, -0.25) is 0 Å². The number of hydrogen-bond acceptors (Lipinski definition) is 4. The van der Waals surface area contributed by atoms with E-state index >= 15 is 0 Å². The zero-order chi connectivity index (χ0) is 40.5. The van der Waals surface area contributed by atoms with E-state index in [1.807, 2.05) is 0 Å². The first-order valence-corrected chi connectivity index (χ1v) is 21.4. The number of nitrogens with zero attached hydrogens (tertiary/aromatic N) is 3. The Labute approximate surface area is 359 Å². The van der Waals surface area contributed by atoms with Crippen LogP contribution in [0.1, 0.15) is 0 Å². The first-order valence-electron chi connectivity index (χ1n) is 20.6. The molecule has 0 saturated heterocycles. The van der Waals surface area contributed by atoms with Gasteiger partial charge in [-0.2, -0.15) is 0 Å². The Bertz CT molecular complexity index is 3010. The lowest BCUT2D eigenvalue weighted by atomic mass is 9.93. The van der Waals surface area contributed by atoms with Crippen molar-refractivity contribution in [3.05, 3.63) is 237 Å². The van der Waals surface area contributed by atoms with E-state index in [0.29, 0.717) is 0 Å². The second-order valence-electron chi connectivity index (χ2n) is 15.2. The highest BCUT2D eigenvalue weighted by molar-refractivity contribution is 7.22. The lowest BCUT2D eigenvalue weighted by molar-refractivity contribution is 1.28. The molecule has 1 heterocycles. The Hall–Kier alpha value is -7.79. The van der Waals surface area contributed by atoms with Crippen LogP contribution in [0.4, 0.5) is 34.1 Å². The maximum absolute atomic E-state index is 5.34. The molecule has 0 aliphatic heterocycles. The van der Waals surface area contributed by atoms with Crippen molar-refractivity contribution in [3.63, 3.8) is 0 Å². The molecule has 0 N–H and O–H groups in total. The average molecular weight is 798 g/mol.